The van der Waals surface area contributed by atoms with Gasteiger partial charge in [0.15, 0.2) is 0 Å². The van der Waals surface area contributed by atoms with E-state index in [0.29, 0.717) is 13.1 Å². The molecule has 1 unspecified atom stereocenters. The second-order valence-corrected chi connectivity index (χ2v) is 10.9. The van der Waals surface area contributed by atoms with Gasteiger partial charge in [-0.3, -0.25) is 9.59 Å². The quantitative estimate of drug-likeness (QED) is 0.596. The molecule has 7 heteroatoms. The van der Waals surface area contributed by atoms with E-state index in [1.54, 1.807) is 11.3 Å². The van der Waals surface area contributed by atoms with Crippen molar-refractivity contribution >= 4 is 33.4 Å². The van der Waals surface area contributed by atoms with Crippen LogP contribution in [0.25, 0.3) is 10.2 Å². The van der Waals surface area contributed by atoms with Crippen LogP contribution in [0.15, 0.2) is 17.5 Å². The molecule has 1 atom stereocenters. The van der Waals surface area contributed by atoms with Crippen LogP contribution in [0.1, 0.15) is 82.6 Å². The molecule has 2 aromatic heterocycles. The van der Waals surface area contributed by atoms with Crippen molar-refractivity contribution in [2.24, 2.45) is 0 Å². The summed E-state index contributed by atoms with van der Waals surface area (Å²) in [7, 11) is 0. The van der Waals surface area contributed by atoms with Gasteiger partial charge in [-0.05, 0) is 63.3 Å². The molecular formula is C26H40N4O2S. The zero-order chi connectivity index (χ0) is 23.4. The standard InChI is InChI=1S/C26H40N4O2S/c1-4-28(5-2)15-11-16-30-24(31)22-18-23-21(14-17-33-23)29(22)19-26(30,3)25(32)27-20-12-9-7-6-8-10-13-20/h14,17-18,20H,4-13,15-16,19H2,1-3H3,(H,27,32). The molecule has 0 bridgehead atoms. The average Bonchev–Trinajstić information content (AvgIpc) is 3.37. The molecule has 2 aliphatic rings. The fraction of sp³-hybridized carbons (Fsp3) is 0.692. The minimum atomic E-state index is -0.885. The number of carbonyl (C=O) groups is 2. The number of amides is 2. The molecule has 0 radical (unpaired) electrons. The first-order chi connectivity index (χ1) is 16.0. The molecule has 0 saturated heterocycles. The van der Waals surface area contributed by atoms with Crippen molar-refractivity contribution in [3.8, 4) is 0 Å². The minimum Gasteiger partial charge on any atom is -0.351 e. The lowest BCUT2D eigenvalue weighted by molar-refractivity contribution is -0.133. The van der Waals surface area contributed by atoms with Crippen molar-refractivity contribution < 1.29 is 9.59 Å². The summed E-state index contributed by atoms with van der Waals surface area (Å²) in [5, 5.41) is 5.44. The topological polar surface area (TPSA) is 57.6 Å². The first-order valence-corrected chi connectivity index (χ1v) is 13.8. The number of rotatable bonds is 8. The molecule has 6 nitrogen and oxygen atoms in total. The molecule has 1 saturated carbocycles. The van der Waals surface area contributed by atoms with E-state index >= 15 is 0 Å². The summed E-state index contributed by atoms with van der Waals surface area (Å²) >= 11 is 1.65. The molecule has 2 aromatic rings. The normalized spacial score (nSPS) is 22.4. The Morgan fingerprint density at radius 1 is 1.18 bits per heavy atom. The fourth-order valence-electron chi connectivity index (χ4n) is 5.56. The molecule has 4 rings (SSSR count). The van der Waals surface area contributed by atoms with Crippen molar-refractivity contribution in [2.45, 2.75) is 90.3 Å². The summed E-state index contributed by atoms with van der Waals surface area (Å²) in [5.74, 6) is -0.00787. The van der Waals surface area contributed by atoms with Crippen LogP contribution in [-0.2, 0) is 11.3 Å². The number of nitrogens with zero attached hydrogens (tertiary/aromatic N) is 3. The van der Waals surface area contributed by atoms with Gasteiger partial charge in [-0.25, -0.2) is 0 Å². The lowest BCUT2D eigenvalue weighted by atomic mass is 9.92. The van der Waals surface area contributed by atoms with Crippen LogP contribution in [0.3, 0.4) is 0 Å². The van der Waals surface area contributed by atoms with E-state index < -0.39 is 5.54 Å². The molecule has 182 valence electrons. The number of fused-ring (bicyclic) bond motifs is 3. The maximum atomic E-state index is 13.8. The van der Waals surface area contributed by atoms with Gasteiger partial charge < -0.3 is 19.7 Å². The summed E-state index contributed by atoms with van der Waals surface area (Å²) in [6, 6.07) is 4.29. The third-order valence-electron chi connectivity index (χ3n) is 7.73. The van der Waals surface area contributed by atoms with Crippen molar-refractivity contribution in [1.82, 2.24) is 19.7 Å². The number of thiophene rings is 1. The Bertz CT molecular complexity index is 955. The van der Waals surface area contributed by atoms with Crippen LogP contribution >= 0.6 is 11.3 Å². The Kier molecular flexibility index (Phi) is 7.80. The zero-order valence-corrected chi connectivity index (χ0v) is 21.4. The summed E-state index contributed by atoms with van der Waals surface area (Å²) in [4.78, 5) is 31.8. The second kappa shape index (κ2) is 10.6. The Hall–Kier alpha value is -1.86. The van der Waals surface area contributed by atoms with Crippen LogP contribution in [0.2, 0.25) is 0 Å². The maximum Gasteiger partial charge on any atom is 0.271 e. The van der Waals surface area contributed by atoms with Gasteiger partial charge >= 0.3 is 0 Å². The molecular weight excluding hydrogens is 432 g/mol. The van der Waals surface area contributed by atoms with E-state index in [4.69, 9.17) is 0 Å². The van der Waals surface area contributed by atoms with Crippen molar-refractivity contribution in [3.63, 3.8) is 0 Å². The van der Waals surface area contributed by atoms with E-state index in [1.165, 1.54) is 32.1 Å². The summed E-state index contributed by atoms with van der Waals surface area (Å²) in [6.45, 7) is 10.4. The number of hydrogen-bond acceptors (Lipinski definition) is 4. The van der Waals surface area contributed by atoms with Gasteiger partial charge in [0.1, 0.15) is 11.2 Å². The van der Waals surface area contributed by atoms with Crippen LogP contribution < -0.4 is 5.32 Å². The Morgan fingerprint density at radius 3 is 2.58 bits per heavy atom. The van der Waals surface area contributed by atoms with Crippen LogP contribution in [0, 0.1) is 0 Å². The first-order valence-electron chi connectivity index (χ1n) is 12.9. The van der Waals surface area contributed by atoms with E-state index in [2.05, 4.69) is 40.1 Å². The van der Waals surface area contributed by atoms with Gasteiger partial charge in [-0.15, -0.1) is 11.3 Å². The third-order valence-corrected chi connectivity index (χ3v) is 8.58. The van der Waals surface area contributed by atoms with Gasteiger partial charge in [0.2, 0.25) is 5.91 Å². The molecule has 1 fully saturated rings. The Balaban J connectivity index is 1.58. The van der Waals surface area contributed by atoms with E-state index in [1.807, 2.05) is 17.9 Å². The monoisotopic (exact) mass is 472 g/mol. The fourth-order valence-corrected chi connectivity index (χ4v) is 6.38. The Labute approximate surface area is 202 Å². The van der Waals surface area contributed by atoms with Gasteiger partial charge in [-0.2, -0.15) is 0 Å². The minimum absolute atomic E-state index is 0.00647. The summed E-state index contributed by atoms with van der Waals surface area (Å²) < 4.78 is 3.19. The first kappa shape index (κ1) is 24.3. The SMILES string of the molecule is CCN(CC)CCCN1C(=O)c2cc3sccc3n2CC1(C)C(=O)NC1CCCCCCC1. The molecule has 1 aliphatic carbocycles. The maximum absolute atomic E-state index is 13.8. The molecule has 33 heavy (non-hydrogen) atoms. The molecule has 2 amide bonds. The lowest BCUT2D eigenvalue weighted by Crippen LogP contribution is -2.65. The second-order valence-electron chi connectivity index (χ2n) is 9.91. The molecule has 0 aromatic carbocycles. The number of nitrogens with one attached hydrogen (secondary N) is 1. The highest BCUT2D eigenvalue weighted by Gasteiger charge is 2.47. The van der Waals surface area contributed by atoms with Gasteiger partial charge in [-0.1, -0.05) is 46.0 Å². The predicted octanol–water partition coefficient (Wildman–Crippen LogP) is 4.88. The van der Waals surface area contributed by atoms with Crippen LogP contribution in [-0.4, -0.2) is 63.9 Å². The summed E-state index contributed by atoms with van der Waals surface area (Å²) in [6.07, 6.45) is 9.11. The van der Waals surface area contributed by atoms with Crippen molar-refractivity contribution in [2.75, 3.05) is 26.2 Å². The number of hydrogen-bond donors (Lipinski definition) is 1. The summed E-state index contributed by atoms with van der Waals surface area (Å²) in [5.41, 5.74) is 0.899. The molecule has 3 heterocycles. The number of carbonyl (C=O) groups excluding carboxylic acids is 2. The van der Waals surface area contributed by atoms with Gasteiger partial charge in [0.25, 0.3) is 5.91 Å². The molecule has 0 spiro atoms. The molecule has 1 aliphatic heterocycles. The Morgan fingerprint density at radius 2 is 1.88 bits per heavy atom. The number of aromatic nitrogens is 1. The smallest absolute Gasteiger partial charge is 0.271 e. The predicted molar refractivity (Wildman–Crippen MR) is 136 cm³/mol. The van der Waals surface area contributed by atoms with Crippen molar-refractivity contribution in [1.29, 1.82) is 0 Å². The van der Waals surface area contributed by atoms with Crippen LogP contribution in [0.4, 0.5) is 0 Å². The highest BCUT2D eigenvalue weighted by Crippen LogP contribution is 2.34. The van der Waals surface area contributed by atoms with Crippen molar-refractivity contribution in [3.05, 3.63) is 23.2 Å². The molecule has 1 N–H and O–H groups in total. The van der Waals surface area contributed by atoms with E-state index in [0.717, 1.165) is 54.8 Å². The van der Waals surface area contributed by atoms with Crippen LogP contribution in [0.5, 0.6) is 0 Å². The average molecular weight is 473 g/mol. The lowest BCUT2D eigenvalue weighted by Gasteiger charge is -2.45. The highest BCUT2D eigenvalue weighted by molar-refractivity contribution is 7.17. The zero-order valence-electron chi connectivity index (χ0n) is 20.6. The van der Waals surface area contributed by atoms with Gasteiger partial charge in [0.05, 0.1) is 16.8 Å². The third kappa shape index (κ3) is 4.99. The van der Waals surface area contributed by atoms with E-state index in [-0.39, 0.29) is 17.9 Å². The van der Waals surface area contributed by atoms with E-state index in [9.17, 15) is 9.59 Å². The highest BCUT2D eigenvalue weighted by atomic mass is 32.1. The largest absolute Gasteiger partial charge is 0.351 e. The van der Waals surface area contributed by atoms with Gasteiger partial charge in [0, 0.05) is 12.6 Å².